The second-order valence-electron chi connectivity index (χ2n) is 6.36. The first-order valence-electron chi connectivity index (χ1n) is 8.64. The monoisotopic (exact) mass is 352 g/mol. The molecular formula is C20H20N2O4. The number of rotatable bonds is 5. The summed E-state index contributed by atoms with van der Waals surface area (Å²) in [6.45, 7) is 3.72. The topological polar surface area (TPSA) is 77.5 Å². The maximum Gasteiger partial charge on any atom is 0.263 e. The zero-order valence-electron chi connectivity index (χ0n) is 14.6. The number of fused-ring (bicyclic) bond motifs is 1. The maximum absolute atomic E-state index is 12.3. The van der Waals surface area contributed by atoms with Gasteiger partial charge in [-0.25, -0.2) is 4.98 Å². The Morgan fingerprint density at radius 1 is 1.27 bits per heavy atom. The van der Waals surface area contributed by atoms with Crippen LogP contribution in [0, 0.1) is 6.92 Å². The molecule has 2 aromatic heterocycles. The summed E-state index contributed by atoms with van der Waals surface area (Å²) in [6.07, 6.45) is 2.66. The molecule has 0 fully saturated rings. The van der Waals surface area contributed by atoms with Gasteiger partial charge in [0.15, 0.2) is 5.76 Å². The van der Waals surface area contributed by atoms with Crippen LogP contribution < -0.4 is 5.32 Å². The van der Waals surface area contributed by atoms with Gasteiger partial charge in [0.25, 0.3) is 5.89 Å². The van der Waals surface area contributed by atoms with Crippen LogP contribution in [0.1, 0.15) is 28.1 Å². The molecule has 1 N–H and O–H groups in total. The number of hydrogen-bond acceptors (Lipinski definition) is 5. The van der Waals surface area contributed by atoms with Crippen LogP contribution in [-0.2, 0) is 35.5 Å². The summed E-state index contributed by atoms with van der Waals surface area (Å²) >= 11 is 0. The van der Waals surface area contributed by atoms with Gasteiger partial charge >= 0.3 is 0 Å². The molecule has 26 heavy (non-hydrogen) atoms. The van der Waals surface area contributed by atoms with Crippen molar-refractivity contribution in [2.24, 2.45) is 0 Å². The molecule has 4 rings (SSSR count). The standard InChI is InChI=1S/C20H20N2O4/c1-13-17(22-20(26-13)18-3-2-7-25-18)10-19(23)21-11-14-4-5-16-12-24-8-6-15(16)9-14/h2-5,7,9H,6,8,10-12H2,1H3,(H,21,23). The number of hydrogen-bond donors (Lipinski definition) is 1. The lowest BCUT2D eigenvalue weighted by atomic mass is 10.0. The van der Waals surface area contributed by atoms with E-state index in [1.54, 1.807) is 25.3 Å². The lowest BCUT2D eigenvalue weighted by Crippen LogP contribution is -2.25. The molecular weight excluding hydrogens is 332 g/mol. The third-order valence-corrected chi connectivity index (χ3v) is 4.49. The average molecular weight is 352 g/mol. The van der Waals surface area contributed by atoms with E-state index in [9.17, 15) is 4.79 Å². The molecule has 134 valence electrons. The Balaban J connectivity index is 1.37. The number of amides is 1. The third-order valence-electron chi connectivity index (χ3n) is 4.49. The van der Waals surface area contributed by atoms with Gasteiger partial charge in [-0.1, -0.05) is 18.2 Å². The SMILES string of the molecule is Cc1oc(-c2ccco2)nc1CC(=O)NCc1ccc2c(c1)CCOC2. The summed E-state index contributed by atoms with van der Waals surface area (Å²) in [7, 11) is 0. The Morgan fingerprint density at radius 3 is 3.04 bits per heavy atom. The van der Waals surface area contributed by atoms with Gasteiger partial charge in [0.1, 0.15) is 5.76 Å². The molecule has 0 spiro atoms. The quantitative estimate of drug-likeness (QED) is 0.763. The lowest BCUT2D eigenvalue weighted by Gasteiger charge is -2.17. The summed E-state index contributed by atoms with van der Waals surface area (Å²) in [5, 5.41) is 2.95. The predicted octanol–water partition coefficient (Wildman–Crippen LogP) is 3.17. The molecule has 0 atom stereocenters. The van der Waals surface area contributed by atoms with Gasteiger partial charge in [-0.05, 0) is 42.2 Å². The predicted molar refractivity (Wildman–Crippen MR) is 94.3 cm³/mol. The molecule has 1 aliphatic rings. The van der Waals surface area contributed by atoms with E-state index in [4.69, 9.17) is 13.6 Å². The number of carbonyl (C=O) groups is 1. The first kappa shape index (κ1) is 16.6. The van der Waals surface area contributed by atoms with E-state index in [1.165, 1.54) is 11.1 Å². The molecule has 0 saturated heterocycles. The minimum Gasteiger partial charge on any atom is -0.459 e. The van der Waals surface area contributed by atoms with Crippen molar-refractivity contribution in [3.8, 4) is 11.7 Å². The van der Waals surface area contributed by atoms with E-state index in [-0.39, 0.29) is 12.3 Å². The zero-order chi connectivity index (χ0) is 17.9. The molecule has 0 radical (unpaired) electrons. The van der Waals surface area contributed by atoms with Crippen LogP contribution in [0.2, 0.25) is 0 Å². The van der Waals surface area contributed by atoms with Crippen LogP contribution in [0.4, 0.5) is 0 Å². The molecule has 3 aromatic rings. The van der Waals surface area contributed by atoms with Crippen molar-refractivity contribution in [2.75, 3.05) is 6.61 Å². The number of furan rings is 1. The smallest absolute Gasteiger partial charge is 0.263 e. The Labute approximate surface area is 151 Å². The lowest BCUT2D eigenvalue weighted by molar-refractivity contribution is -0.120. The van der Waals surface area contributed by atoms with Crippen molar-refractivity contribution >= 4 is 5.91 Å². The van der Waals surface area contributed by atoms with Gasteiger partial charge in [-0.3, -0.25) is 4.79 Å². The molecule has 1 aliphatic heterocycles. The second-order valence-corrected chi connectivity index (χ2v) is 6.36. The number of carbonyl (C=O) groups excluding carboxylic acids is 1. The molecule has 0 bridgehead atoms. The fourth-order valence-electron chi connectivity index (χ4n) is 3.04. The number of nitrogens with zero attached hydrogens (tertiary/aromatic N) is 1. The van der Waals surface area contributed by atoms with Crippen LogP contribution in [-0.4, -0.2) is 17.5 Å². The molecule has 0 aliphatic carbocycles. The van der Waals surface area contributed by atoms with E-state index in [1.807, 2.05) is 6.07 Å². The molecule has 1 amide bonds. The molecule has 0 unspecified atom stereocenters. The van der Waals surface area contributed by atoms with Gasteiger partial charge in [0, 0.05) is 6.54 Å². The van der Waals surface area contributed by atoms with Crippen molar-refractivity contribution in [2.45, 2.75) is 32.9 Å². The molecule has 0 saturated carbocycles. The summed E-state index contributed by atoms with van der Waals surface area (Å²) in [5.41, 5.74) is 4.25. The fraction of sp³-hybridized carbons (Fsp3) is 0.300. The number of benzene rings is 1. The van der Waals surface area contributed by atoms with Crippen molar-refractivity contribution in [3.05, 3.63) is 64.7 Å². The van der Waals surface area contributed by atoms with Crippen LogP contribution in [0.15, 0.2) is 45.4 Å². The maximum atomic E-state index is 12.3. The summed E-state index contributed by atoms with van der Waals surface area (Å²) in [6, 6.07) is 9.80. The van der Waals surface area contributed by atoms with Crippen LogP contribution in [0.3, 0.4) is 0 Å². The normalized spacial score (nSPS) is 13.4. The van der Waals surface area contributed by atoms with Gasteiger partial charge < -0.3 is 18.9 Å². The molecule has 1 aromatic carbocycles. The van der Waals surface area contributed by atoms with Crippen LogP contribution in [0.25, 0.3) is 11.7 Å². The third kappa shape index (κ3) is 3.55. The van der Waals surface area contributed by atoms with E-state index in [0.29, 0.717) is 36.3 Å². The number of aryl methyl sites for hydroxylation is 1. The Hall–Kier alpha value is -2.86. The number of nitrogens with one attached hydrogen (secondary N) is 1. The van der Waals surface area contributed by atoms with Gasteiger partial charge in [0.2, 0.25) is 5.91 Å². The molecule has 3 heterocycles. The molecule has 6 nitrogen and oxygen atoms in total. The summed E-state index contributed by atoms with van der Waals surface area (Å²) in [4.78, 5) is 16.7. The Kier molecular flexibility index (Phi) is 4.58. The minimum absolute atomic E-state index is 0.0894. The van der Waals surface area contributed by atoms with Gasteiger partial charge in [-0.2, -0.15) is 0 Å². The number of oxazole rings is 1. The number of ether oxygens (including phenoxy) is 1. The highest BCUT2D eigenvalue weighted by atomic mass is 16.5. The largest absolute Gasteiger partial charge is 0.459 e. The van der Waals surface area contributed by atoms with Gasteiger partial charge in [0.05, 0.1) is 31.6 Å². The first-order chi connectivity index (χ1) is 12.7. The highest BCUT2D eigenvalue weighted by molar-refractivity contribution is 5.78. The molecule has 6 heteroatoms. The second kappa shape index (κ2) is 7.17. The number of aromatic nitrogens is 1. The van der Waals surface area contributed by atoms with E-state index in [0.717, 1.165) is 18.6 Å². The van der Waals surface area contributed by atoms with Crippen LogP contribution >= 0.6 is 0 Å². The summed E-state index contributed by atoms with van der Waals surface area (Å²) in [5.74, 6) is 1.48. The zero-order valence-corrected chi connectivity index (χ0v) is 14.6. The average Bonchev–Trinajstić information content (AvgIpc) is 3.30. The van der Waals surface area contributed by atoms with E-state index < -0.39 is 0 Å². The van der Waals surface area contributed by atoms with Crippen molar-refractivity contribution in [1.29, 1.82) is 0 Å². The van der Waals surface area contributed by atoms with Crippen molar-refractivity contribution in [3.63, 3.8) is 0 Å². The highest BCUT2D eigenvalue weighted by Crippen LogP contribution is 2.22. The summed E-state index contributed by atoms with van der Waals surface area (Å²) < 4.78 is 16.3. The van der Waals surface area contributed by atoms with Crippen molar-refractivity contribution < 1.29 is 18.4 Å². The Morgan fingerprint density at radius 2 is 2.19 bits per heavy atom. The fourth-order valence-corrected chi connectivity index (χ4v) is 3.04. The first-order valence-corrected chi connectivity index (χ1v) is 8.64. The highest BCUT2D eigenvalue weighted by Gasteiger charge is 2.16. The van der Waals surface area contributed by atoms with E-state index >= 15 is 0 Å². The van der Waals surface area contributed by atoms with E-state index in [2.05, 4.69) is 22.4 Å². The van der Waals surface area contributed by atoms with Crippen molar-refractivity contribution in [1.82, 2.24) is 10.3 Å². The Bertz CT molecular complexity index is 912. The van der Waals surface area contributed by atoms with Gasteiger partial charge in [-0.15, -0.1) is 0 Å². The van der Waals surface area contributed by atoms with Crippen LogP contribution in [0.5, 0.6) is 0 Å². The minimum atomic E-state index is -0.0894.